The molecule has 7 nitrogen and oxygen atoms in total. The summed E-state index contributed by atoms with van der Waals surface area (Å²) < 4.78 is 13.7. The molecule has 0 aliphatic carbocycles. The molecule has 0 aromatic heterocycles. The number of nitro benzene ring substituents is 1. The smallest absolute Gasteiger partial charge is 0.270 e. The molecule has 23 heavy (non-hydrogen) atoms. The molecule has 0 atom stereocenters. The molecule has 118 valence electrons. The molecule has 0 saturated heterocycles. The minimum Gasteiger partial charge on any atom is -0.326 e. The summed E-state index contributed by atoms with van der Waals surface area (Å²) >= 11 is 0. The lowest BCUT2D eigenvalue weighted by Gasteiger charge is -2.07. The van der Waals surface area contributed by atoms with Crippen molar-refractivity contribution in [1.29, 1.82) is 0 Å². The van der Waals surface area contributed by atoms with Crippen LogP contribution < -0.4 is 10.6 Å². The van der Waals surface area contributed by atoms with Gasteiger partial charge in [0.25, 0.3) is 11.6 Å². The lowest BCUT2D eigenvalue weighted by molar-refractivity contribution is -0.384. The van der Waals surface area contributed by atoms with Crippen LogP contribution in [0.25, 0.3) is 0 Å². The lowest BCUT2D eigenvalue weighted by Crippen LogP contribution is -2.14. The highest BCUT2D eigenvalue weighted by Gasteiger charge is 2.17. The second-order valence-electron chi connectivity index (χ2n) is 4.63. The number of benzene rings is 2. The molecule has 0 heterocycles. The van der Waals surface area contributed by atoms with Gasteiger partial charge in [-0.25, -0.2) is 4.39 Å². The summed E-state index contributed by atoms with van der Waals surface area (Å²) in [5.74, 6) is -1.90. The van der Waals surface area contributed by atoms with E-state index in [-0.39, 0.29) is 11.6 Å². The third-order valence-electron chi connectivity index (χ3n) is 2.87. The Morgan fingerprint density at radius 2 is 1.61 bits per heavy atom. The van der Waals surface area contributed by atoms with Crippen molar-refractivity contribution < 1.29 is 18.9 Å². The van der Waals surface area contributed by atoms with E-state index in [1.54, 1.807) is 12.1 Å². The molecule has 0 unspecified atom stereocenters. The Labute approximate surface area is 130 Å². The number of nitro groups is 1. The van der Waals surface area contributed by atoms with E-state index in [1.807, 2.05) is 0 Å². The van der Waals surface area contributed by atoms with Gasteiger partial charge in [-0.15, -0.1) is 0 Å². The molecule has 2 amide bonds. The zero-order valence-corrected chi connectivity index (χ0v) is 12.0. The maximum absolute atomic E-state index is 13.7. The van der Waals surface area contributed by atoms with Crippen molar-refractivity contribution in [2.45, 2.75) is 6.92 Å². The van der Waals surface area contributed by atoms with E-state index in [0.717, 1.165) is 18.2 Å². The predicted octanol–water partition coefficient (Wildman–Crippen LogP) is 2.94. The number of rotatable bonds is 4. The Bertz CT molecular complexity index is 775. The number of halogens is 1. The van der Waals surface area contributed by atoms with Crippen LogP contribution in [-0.4, -0.2) is 16.7 Å². The second-order valence-corrected chi connectivity index (χ2v) is 4.63. The standard InChI is InChI=1S/C15H12FN3O4/c1-9(20)17-10-2-4-11(5-3-10)18-15(21)13-8-12(19(22)23)6-7-14(13)16/h2-8H,1H3,(H,17,20)(H,18,21). The normalized spacial score (nSPS) is 10.0. The van der Waals surface area contributed by atoms with E-state index in [2.05, 4.69) is 10.6 Å². The molecule has 2 N–H and O–H groups in total. The van der Waals surface area contributed by atoms with Crippen LogP contribution in [0.4, 0.5) is 21.5 Å². The number of hydrogen-bond donors (Lipinski definition) is 2. The average Bonchev–Trinajstić information content (AvgIpc) is 2.48. The van der Waals surface area contributed by atoms with Gasteiger partial charge in [0.15, 0.2) is 0 Å². The van der Waals surface area contributed by atoms with E-state index in [0.29, 0.717) is 11.4 Å². The lowest BCUT2D eigenvalue weighted by atomic mass is 10.1. The van der Waals surface area contributed by atoms with Crippen LogP contribution in [0.2, 0.25) is 0 Å². The van der Waals surface area contributed by atoms with Crippen LogP contribution in [-0.2, 0) is 4.79 Å². The Kier molecular flexibility index (Phi) is 4.65. The second kappa shape index (κ2) is 6.65. The molecule has 0 bridgehead atoms. The van der Waals surface area contributed by atoms with Crippen molar-refractivity contribution in [2.24, 2.45) is 0 Å². The number of anilines is 2. The minimum absolute atomic E-state index is 0.236. The number of nitrogens with one attached hydrogen (secondary N) is 2. The monoisotopic (exact) mass is 317 g/mol. The van der Waals surface area contributed by atoms with Gasteiger partial charge >= 0.3 is 0 Å². The quantitative estimate of drug-likeness (QED) is 0.668. The maximum Gasteiger partial charge on any atom is 0.270 e. The highest BCUT2D eigenvalue weighted by molar-refractivity contribution is 6.05. The Hall–Kier alpha value is -3.29. The van der Waals surface area contributed by atoms with E-state index in [1.165, 1.54) is 19.1 Å². The first-order valence-corrected chi connectivity index (χ1v) is 6.50. The average molecular weight is 317 g/mol. The molecular formula is C15H12FN3O4. The number of carbonyl (C=O) groups excluding carboxylic acids is 2. The molecule has 0 fully saturated rings. The largest absolute Gasteiger partial charge is 0.326 e. The highest BCUT2D eigenvalue weighted by Crippen LogP contribution is 2.19. The van der Waals surface area contributed by atoms with Crippen LogP contribution in [0.5, 0.6) is 0 Å². The molecule has 2 aromatic rings. The highest BCUT2D eigenvalue weighted by atomic mass is 19.1. The summed E-state index contributed by atoms with van der Waals surface area (Å²) in [5.41, 5.74) is 0.0923. The molecule has 0 spiro atoms. The van der Waals surface area contributed by atoms with Gasteiger partial charge in [-0.2, -0.15) is 0 Å². The number of amides is 2. The predicted molar refractivity (Wildman–Crippen MR) is 81.8 cm³/mol. The van der Waals surface area contributed by atoms with Gasteiger partial charge in [-0.3, -0.25) is 19.7 Å². The topological polar surface area (TPSA) is 101 Å². The molecule has 8 heteroatoms. The van der Waals surface area contributed by atoms with Crippen LogP contribution in [0.3, 0.4) is 0 Å². The number of nitrogens with zero attached hydrogens (tertiary/aromatic N) is 1. The number of non-ortho nitro benzene ring substituents is 1. The molecule has 2 aromatic carbocycles. The van der Waals surface area contributed by atoms with E-state index in [9.17, 15) is 24.1 Å². The SMILES string of the molecule is CC(=O)Nc1ccc(NC(=O)c2cc([N+](=O)[O-])ccc2F)cc1. The van der Waals surface area contributed by atoms with Crippen LogP contribution in [0, 0.1) is 15.9 Å². The van der Waals surface area contributed by atoms with E-state index in [4.69, 9.17) is 0 Å². The first-order valence-electron chi connectivity index (χ1n) is 6.50. The summed E-state index contributed by atoms with van der Waals surface area (Å²) in [6.45, 7) is 1.36. The molecule has 0 aliphatic heterocycles. The Balaban J connectivity index is 2.17. The number of hydrogen-bond acceptors (Lipinski definition) is 4. The van der Waals surface area contributed by atoms with Gasteiger partial charge in [-0.1, -0.05) is 0 Å². The molecule has 2 rings (SSSR count). The number of carbonyl (C=O) groups is 2. The third kappa shape index (κ3) is 4.10. The third-order valence-corrected chi connectivity index (χ3v) is 2.87. The van der Waals surface area contributed by atoms with Gasteiger partial charge < -0.3 is 10.6 Å². The first kappa shape index (κ1) is 16.1. The van der Waals surface area contributed by atoms with Crippen molar-refractivity contribution in [3.8, 4) is 0 Å². The fourth-order valence-corrected chi connectivity index (χ4v) is 1.84. The van der Waals surface area contributed by atoms with Crippen molar-refractivity contribution in [1.82, 2.24) is 0 Å². The maximum atomic E-state index is 13.7. The Morgan fingerprint density at radius 1 is 1.04 bits per heavy atom. The fourth-order valence-electron chi connectivity index (χ4n) is 1.84. The molecule has 0 saturated carbocycles. The summed E-state index contributed by atoms with van der Waals surface area (Å²) in [5, 5.41) is 15.7. The van der Waals surface area contributed by atoms with Gasteiger partial charge in [0.05, 0.1) is 10.5 Å². The van der Waals surface area contributed by atoms with Crippen molar-refractivity contribution in [3.05, 3.63) is 64.0 Å². The summed E-state index contributed by atoms with van der Waals surface area (Å²) in [7, 11) is 0. The zero-order valence-electron chi connectivity index (χ0n) is 12.0. The molecular weight excluding hydrogens is 305 g/mol. The fraction of sp³-hybridized carbons (Fsp3) is 0.0667. The van der Waals surface area contributed by atoms with Crippen molar-refractivity contribution in [2.75, 3.05) is 10.6 Å². The van der Waals surface area contributed by atoms with Gasteiger partial charge in [-0.05, 0) is 30.3 Å². The van der Waals surface area contributed by atoms with Gasteiger partial charge in [0, 0.05) is 30.4 Å². The van der Waals surface area contributed by atoms with Crippen LogP contribution in [0.15, 0.2) is 42.5 Å². The van der Waals surface area contributed by atoms with Crippen molar-refractivity contribution in [3.63, 3.8) is 0 Å². The first-order chi connectivity index (χ1) is 10.9. The molecule has 0 aliphatic rings. The summed E-state index contributed by atoms with van der Waals surface area (Å²) in [6, 6.07) is 8.86. The van der Waals surface area contributed by atoms with Gasteiger partial charge in [0.1, 0.15) is 5.82 Å². The van der Waals surface area contributed by atoms with Crippen LogP contribution in [0.1, 0.15) is 17.3 Å². The van der Waals surface area contributed by atoms with Gasteiger partial charge in [0.2, 0.25) is 5.91 Å². The molecule has 0 radical (unpaired) electrons. The van der Waals surface area contributed by atoms with Crippen LogP contribution >= 0.6 is 0 Å². The summed E-state index contributed by atoms with van der Waals surface area (Å²) in [4.78, 5) is 32.9. The van der Waals surface area contributed by atoms with Crippen molar-refractivity contribution >= 4 is 28.9 Å². The zero-order chi connectivity index (χ0) is 17.0. The van der Waals surface area contributed by atoms with E-state index < -0.39 is 22.2 Å². The summed E-state index contributed by atoms with van der Waals surface area (Å²) in [6.07, 6.45) is 0. The Morgan fingerprint density at radius 3 is 2.13 bits per heavy atom. The van der Waals surface area contributed by atoms with E-state index >= 15 is 0 Å². The minimum atomic E-state index is -0.858.